The van der Waals surface area contributed by atoms with E-state index in [0.717, 1.165) is 10.0 Å². The molecule has 1 aliphatic carbocycles. The quantitative estimate of drug-likeness (QED) is 0.307. The average molecular weight is 602 g/mol. The first-order valence-electron chi connectivity index (χ1n) is 10.9. The number of hydrogen-bond donors (Lipinski definition) is 3. The second kappa shape index (κ2) is 9.10. The first-order valence-corrected chi connectivity index (χ1v) is 14.7. The molecule has 10 nitrogen and oxygen atoms in total. The Balaban J connectivity index is 1.62. The van der Waals surface area contributed by atoms with Gasteiger partial charge in [0.2, 0.25) is 10.0 Å². The number of carbonyl (C=O) groups is 1. The molecule has 0 aliphatic heterocycles. The normalized spacial score (nSPS) is 13.0. The van der Waals surface area contributed by atoms with E-state index < -0.39 is 26.0 Å². The number of rotatable bonds is 6. The van der Waals surface area contributed by atoms with Crippen LogP contribution < -0.4 is 15.6 Å². The summed E-state index contributed by atoms with van der Waals surface area (Å²) in [6, 6.07) is 17.2. The molecule has 0 fully saturated rings. The fraction of sp³-hybridized carbons (Fsp3) is 0.0833. The highest BCUT2D eigenvalue weighted by Crippen LogP contribution is 2.38. The van der Waals surface area contributed by atoms with Crippen LogP contribution in [0.25, 0.3) is 16.9 Å². The summed E-state index contributed by atoms with van der Waals surface area (Å²) in [4.78, 5) is 12.2. The summed E-state index contributed by atoms with van der Waals surface area (Å²) in [7, 11) is -7.76. The molecule has 0 radical (unpaired) electrons. The molecule has 5 N–H and O–H groups in total. The lowest BCUT2D eigenvalue weighted by atomic mass is 9.88. The Kier molecular flexibility index (Phi) is 6.18. The van der Waals surface area contributed by atoms with Crippen LogP contribution in [0.4, 0.5) is 5.69 Å². The molecular formula is C24H20BrN5O5S2. The molecule has 0 bridgehead atoms. The number of hydrogen-bond acceptors (Lipinski definition) is 6. The first kappa shape index (κ1) is 25.1. The number of amides is 1. The van der Waals surface area contributed by atoms with Crippen molar-refractivity contribution in [2.24, 2.45) is 10.9 Å². The van der Waals surface area contributed by atoms with Crippen molar-refractivity contribution in [1.29, 1.82) is 0 Å². The Morgan fingerprint density at radius 3 is 2.19 bits per heavy atom. The van der Waals surface area contributed by atoms with Crippen LogP contribution in [0.5, 0.6) is 0 Å². The lowest BCUT2D eigenvalue weighted by Gasteiger charge is -2.20. The van der Waals surface area contributed by atoms with E-state index in [1.807, 2.05) is 6.07 Å². The van der Waals surface area contributed by atoms with Crippen LogP contribution >= 0.6 is 15.9 Å². The molecule has 190 valence electrons. The molecule has 0 spiro atoms. The smallest absolute Gasteiger partial charge is 0.269 e. The second-order valence-electron chi connectivity index (χ2n) is 8.42. The second-order valence-corrected chi connectivity index (χ2v) is 12.6. The lowest BCUT2D eigenvalue weighted by Crippen LogP contribution is -2.16. The van der Waals surface area contributed by atoms with E-state index in [-0.39, 0.29) is 15.5 Å². The summed E-state index contributed by atoms with van der Waals surface area (Å²) in [5, 5.41) is 9.64. The van der Waals surface area contributed by atoms with Gasteiger partial charge in [0.1, 0.15) is 0 Å². The van der Waals surface area contributed by atoms with Crippen molar-refractivity contribution in [2.45, 2.75) is 22.6 Å². The number of aromatic nitrogens is 2. The van der Waals surface area contributed by atoms with Crippen LogP contribution in [0.1, 0.15) is 21.6 Å². The van der Waals surface area contributed by atoms with Gasteiger partial charge in [-0.1, -0.05) is 22.0 Å². The fourth-order valence-electron chi connectivity index (χ4n) is 4.29. The van der Waals surface area contributed by atoms with Crippen molar-refractivity contribution in [3.63, 3.8) is 0 Å². The van der Waals surface area contributed by atoms with Gasteiger partial charge in [-0.25, -0.2) is 26.7 Å². The largest absolute Gasteiger partial charge is 0.364 e. The van der Waals surface area contributed by atoms with Crippen molar-refractivity contribution in [1.82, 2.24) is 9.78 Å². The number of nitrogens with zero attached hydrogens (tertiary/aromatic N) is 2. The maximum atomic E-state index is 13.0. The maximum absolute atomic E-state index is 13.0. The maximum Gasteiger partial charge on any atom is 0.269 e. The van der Waals surface area contributed by atoms with Crippen LogP contribution in [0.3, 0.4) is 0 Å². The highest BCUT2D eigenvalue weighted by atomic mass is 79.9. The number of nitrogens with one attached hydrogen (secondary N) is 1. The van der Waals surface area contributed by atoms with Crippen molar-refractivity contribution in [3.05, 3.63) is 88.0 Å². The molecule has 4 aromatic rings. The molecular weight excluding hydrogens is 582 g/mol. The standard InChI is InChI=1S/C24H20BrN5O5S2/c25-15-3-8-19(9-4-15)37(34,35)29-16-5-1-14-2-12-20-22(24(26)31)28-30(23(20)21(14)13-16)17-6-10-18(11-7-17)36(27,32)33/h1,3-11,13,29H,2,12H2,(H2,26,31)(H2,27,32,33). The fourth-order valence-corrected chi connectivity index (χ4v) is 6.12. The molecule has 1 aliphatic rings. The van der Waals surface area contributed by atoms with E-state index in [4.69, 9.17) is 10.9 Å². The molecule has 0 saturated heterocycles. The van der Waals surface area contributed by atoms with E-state index in [9.17, 15) is 21.6 Å². The molecule has 0 atom stereocenters. The molecule has 0 saturated carbocycles. The van der Waals surface area contributed by atoms with Crippen molar-refractivity contribution >= 4 is 47.6 Å². The summed E-state index contributed by atoms with van der Waals surface area (Å²) in [5.41, 5.74) is 9.31. The Hall–Kier alpha value is -3.52. The Morgan fingerprint density at radius 2 is 1.57 bits per heavy atom. The van der Waals surface area contributed by atoms with Gasteiger partial charge in [-0.15, -0.1) is 0 Å². The number of benzene rings is 3. The minimum Gasteiger partial charge on any atom is -0.364 e. The Morgan fingerprint density at radius 1 is 0.919 bits per heavy atom. The third-order valence-corrected chi connectivity index (χ3v) is 8.87. The number of nitrogens with two attached hydrogens (primary N) is 2. The number of carbonyl (C=O) groups excluding carboxylic acids is 1. The molecule has 13 heteroatoms. The minimum atomic E-state index is -3.90. The molecule has 5 rings (SSSR count). The predicted molar refractivity (Wildman–Crippen MR) is 141 cm³/mol. The summed E-state index contributed by atoms with van der Waals surface area (Å²) < 4.78 is 54.1. The minimum absolute atomic E-state index is 0.0718. The number of anilines is 1. The molecule has 1 heterocycles. The number of aryl methyl sites for hydroxylation is 1. The van der Waals surface area contributed by atoms with Gasteiger partial charge < -0.3 is 5.73 Å². The first-order chi connectivity index (χ1) is 17.4. The van der Waals surface area contributed by atoms with Gasteiger partial charge in [0.15, 0.2) is 5.69 Å². The molecule has 1 aromatic heterocycles. The van der Waals surface area contributed by atoms with E-state index in [2.05, 4.69) is 25.8 Å². The number of sulfonamides is 2. The van der Waals surface area contributed by atoms with Gasteiger partial charge >= 0.3 is 0 Å². The van der Waals surface area contributed by atoms with Crippen LogP contribution in [0, 0.1) is 0 Å². The topological polar surface area (TPSA) is 167 Å². The third kappa shape index (κ3) is 4.78. The Labute approximate surface area is 221 Å². The summed E-state index contributed by atoms with van der Waals surface area (Å²) in [5.74, 6) is -0.702. The number of primary sulfonamides is 1. The van der Waals surface area contributed by atoms with E-state index in [1.165, 1.54) is 41.1 Å². The third-order valence-electron chi connectivity index (χ3n) is 6.01. The monoisotopic (exact) mass is 601 g/mol. The number of halogens is 1. The van der Waals surface area contributed by atoms with Gasteiger partial charge in [-0.3, -0.25) is 9.52 Å². The highest BCUT2D eigenvalue weighted by molar-refractivity contribution is 9.10. The molecule has 3 aromatic carbocycles. The predicted octanol–water partition coefficient (Wildman–Crippen LogP) is 2.95. The lowest BCUT2D eigenvalue weighted by molar-refractivity contribution is 0.0994. The van der Waals surface area contributed by atoms with Gasteiger partial charge in [0.05, 0.1) is 21.2 Å². The zero-order valence-corrected chi connectivity index (χ0v) is 22.3. The average Bonchev–Trinajstić information content (AvgIpc) is 3.24. The van der Waals surface area contributed by atoms with Gasteiger partial charge in [0, 0.05) is 21.3 Å². The molecule has 0 unspecified atom stereocenters. The zero-order chi connectivity index (χ0) is 26.5. The molecule has 37 heavy (non-hydrogen) atoms. The van der Waals surface area contributed by atoms with Crippen molar-refractivity contribution < 1.29 is 21.6 Å². The van der Waals surface area contributed by atoms with Crippen molar-refractivity contribution in [3.8, 4) is 16.9 Å². The molecule has 1 amide bonds. The van der Waals surface area contributed by atoms with Gasteiger partial charge in [0.25, 0.3) is 15.9 Å². The van der Waals surface area contributed by atoms with E-state index in [1.54, 1.807) is 24.3 Å². The summed E-state index contributed by atoms with van der Waals surface area (Å²) >= 11 is 3.29. The number of primary amides is 1. The van der Waals surface area contributed by atoms with Gasteiger partial charge in [-0.2, -0.15) is 5.10 Å². The van der Waals surface area contributed by atoms with E-state index >= 15 is 0 Å². The van der Waals surface area contributed by atoms with Crippen LogP contribution in [-0.4, -0.2) is 32.5 Å². The SMILES string of the molecule is NC(=O)c1nn(-c2ccc(S(N)(=O)=O)cc2)c2c1CCc1ccc(NS(=O)(=O)c3ccc(Br)cc3)cc1-2. The summed E-state index contributed by atoms with van der Waals surface area (Å²) in [6.07, 6.45) is 1.10. The van der Waals surface area contributed by atoms with Gasteiger partial charge in [-0.05, 0) is 79.1 Å². The van der Waals surface area contributed by atoms with Crippen LogP contribution in [0.2, 0.25) is 0 Å². The van der Waals surface area contributed by atoms with E-state index in [0.29, 0.717) is 41.0 Å². The number of fused-ring (bicyclic) bond motifs is 3. The van der Waals surface area contributed by atoms with Crippen LogP contribution in [0.15, 0.2) is 81.0 Å². The highest BCUT2D eigenvalue weighted by Gasteiger charge is 2.29. The Bertz CT molecular complexity index is 1770. The zero-order valence-electron chi connectivity index (χ0n) is 19.0. The van der Waals surface area contributed by atoms with Crippen LogP contribution in [-0.2, 0) is 32.9 Å². The summed E-state index contributed by atoms with van der Waals surface area (Å²) in [6.45, 7) is 0. The van der Waals surface area contributed by atoms with Crippen molar-refractivity contribution in [2.75, 3.05) is 4.72 Å².